The van der Waals surface area contributed by atoms with Crippen LogP contribution in [0.2, 0.25) is 0 Å². The zero-order valence-electron chi connectivity index (χ0n) is 15.4. The van der Waals surface area contributed by atoms with E-state index in [1.807, 2.05) is 43.3 Å². The van der Waals surface area contributed by atoms with Crippen LogP contribution in [0.1, 0.15) is 24.8 Å². The molecule has 146 valence electrons. The number of amides is 1. The lowest BCUT2D eigenvalue weighted by Crippen LogP contribution is -2.16. The van der Waals surface area contributed by atoms with Crippen molar-refractivity contribution in [1.29, 1.82) is 0 Å². The summed E-state index contributed by atoms with van der Waals surface area (Å²) < 4.78 is 24.3. The van der Waals surface area contributed by atoms with Gasteiger partial charge in [-0.1, -0.05) is 59.6 Å². The Hall–Kier alpha value is -2.41. The van der Waals surface area contributed by atoms with Crippen molar-refractivity contribution in [2.24, 2.45) is 5.14 Å². The molecule has 1 aliphatic rings. The number of benzene rings is 2. The summed E-state index contributed by atoms with van der Waals surface area (Å²) >= 11 is 6.17. The molecule has 0 unspecified atom stereocenters. The van der Waals surface area contributed by atoms with Crippen LogP contribution in [0, 0.1) is 6.92 Å². The van der Waals surface area contributed by atoms with Gasteiger partial charge in [0.05, 0.1) is 11.3 Å². The summed E-state index contributed by atoms with van der Waals surface area (Å²) in [7, 11) is -3.98. The van der Waals surface area contributed by atoms with Crippen molar-refractivity contribution in [3.05, 3.63) is 70.8 Å². The van der Waals surface area contributed by atoms with Crippen LogP contribution >= 0.6 is 11.6 Å². The van der Waals surface area contributed by atoms with Crippen LogP contribution in [-0.4, -0.2) is 14.3 Å². The van der Waals surface area contributed by atoms with Crippen molar-refractivity contribution in [2.75, 3.05) is 5.32 Å². The molecule has 0 bridgehead atoms. The molecule has 0 heterocycles. The maximum Gasteiger partial charge on any atom is 0.238 e. The number of hydrogen-bond acceptors (Lipinski definition) is 3. The Bertz CT molecular complexity index is 1090. The van der Waals surface area contributed by atoms with Crippen LogP contribution < -0.4 is 10.5 Å². The average Bonchev–Trinajstić information content (AvgIpc) is 2.63. The van der Waals surface area contributed by atoms with Gasteiger partial charge in [0, 0.05) is 16.3 Å². The van der Waals surface area contributed by atoms with Gasteiger partial charge in [-0.05, 0) is 43.0 Å². The van der Waals surface area contributed by atoms with Gasteiger partial charge in [-0.15, -0.1) is 0 Å². The Morgan fingerprint density at radius 1 is 1.21 bits per heavy atom. The Kier molecular flexibility index (Phi) is 6.03. The molecule has 0 saturated heterocycles. The van der Waals surface area contributed by atoms with Gasteiger partial charge in [-0.3, -0.25) is 4.79 Å². The second kappa shape index (κ2) is 8.31. The first kappa shape index (κ1) is 20.3. The van der Waals surface area contributed by atoms with E-state index in [0.717, 1.165) is 29.5 Å². The smallest absolute Gasteiger partial charge is 0.238 e. The molecule has 7 heteroatoms. The van der Waals surface area contributed by atoms with E-state index in [1.54, 1.807) is 12.1 Å². The van der Waals surface area contributed by atoms with E-state index in [9.17, 15) is 13.2 Å². The van der Waals surface area contributed by atoms with Crippen LogP contribution in [-0.2, 0) is 14.8 Å². The molecule has 28 heavy (non-hydrogen) atoms. The van der Waals surface area contributed by atoms with E-state index in [1.165, 1.54) is 6.07 Å². The molecule has 2 aromatic carbocycles. The average molecular weight is 417 g/mol. The second-order valence-corrected chi connectivity index (χ2v) is 8.71. The monoisotopic (exact) mass is 416 g/mol. The van der Waals surface area contributed by atoms with Gasteiger partial charge in [0.1, 0.15) is 0 Å². The number of carbonyl (C=O) groups excluding carboxylic acids is 1. The molecular weight excluding hydrogens is 396 g/mol. The van der Waals surface area contributed by atoms with Gasteiger partial charge < -0.3 is 5.32 Å². The molecule has 0 fully saturated rings. The van der Waals surface area contributed by atoms with Gasteiger partial charge >= 0.3 is 0 Å². The number of allylic oxidation sites excluding steroid dienone is 3. The van der Waals surface area contributed by atoms with Crippen LogP contribution in [0.5, 0.6) is 0 Å². The number of sulfonamides is 1. The largest absolute Gasteiger partial charge is 0.326 e. The summed E-state index contributed by atoms with van der Waals surface area (Å²) in [5, 5.41) is 8.83. The molecule has 3 rings (SSSR count). The highest BCUT2D eigenvalue weighted by molar-refractivity contribution is 7.89. The standard InChI is InChI=1S/C21H21ClN2O3S/c1-14-5-4-7-15(11-14)18-10-9-17(13-20(18)28(23,26)27)24-21(25)12-16-6-2-3-8-19(16)22/h2,4-7,9-11,13H,3,8,12H2,1H3,(H,24,25)(H2,23,26,27). The number of hydrogen-bond donors (Lipinski definition) is 2. The minimum Gasteiger partial charge on any atom is -0.326 e. The number of primary sulfonamides is 1. The number of nitrogens with one attached hydrogen (secondary N) is 1. The van der Waals surface area contributed by atoms with Crippen molar-refractivity contribution < 1.29 is 13.2 Å². The summed E-state index contributed by atoms with van der Waals surface area (Å²) in [5.74, 6) is -0.275. The van der Waals surface area contributed by atoms with E-state index in [-0.39, 0.29) is 17.2 Å². The molecule has 1 amide bonds. The number of carbonyl (C=O) groups is 1. The van der Waals surface area contributed by atoms with E-state index >= 15 is 0 Å². The Balaban J connectivity index is 1.89. The van der Waals surface area contributed by atoms with Crippen LogP contribution in [0.15, 0.2) is 70.1 Å². The third kappa shape index (κ3) is 4.90. The quantitative estimate of drug-likeness (QED) is 0.752. The summed E-state index contributed by atoms with van der Waals surface area (Å²) in [6, 6.07) is 12.2. The zero-order valence-corrected chi connectivity index (χ0v) is 17.0. The molecule has 0 aliphatic heterocycles. The Labute approximate surface area is 170 Å². The zero-order chi connectivity index (χ0) is 20.3. The molecule has 0 spiro atoms. The van der Waals surface area contributed by atoms with Crippen LogP contribution in [0.4, 0.5) is 5.69 Å². The SMILES string of the molecule is Cc1cccc(-c2ccc(NC(=O)CC3=C(Cl)CCC=C3)cc2S(N)(=O)=O)c1. The molecule has 0 saturated carbocycles. The molecular formula is C21H21ClN2O3S. The number of anilines is 1. The number of rotatable bonds is 5. The van der Waals surface area contributed by atoms with Gasteiger partial charge in [-0.2, -0.15) is 0 Å². The maximum atomic E-state index is 12.4. The predicted molar refractivity (Wildman–Crippen MR) is 112 cm³/mol. The van der Waals surface area contributed by atoms with E-state index in [0.29, 0.717) is 16.3 Å². The first-order valence-electron chi connectivity index (χ1n) is 8.82. The number of aryl methyl sites for hydroxylation is 1. The fourth-order valence-corrected chi connectivity index (χ4v) is 4.13. The lowest BCUT2D eigenvalue weighted by atomic mass is 10.0. The van der Waals surface area contributed by atoms with Crippen molar-refractivity contribution in [1.82, 2.24) is 0 Å². The lowest BCUT2D eigenvalue weighted by molar-refractivity contribution is -0.115. The summed E-state index contributed by atoms with van der Waals surface area (Å²) in [6.07, 6.45) is 5.54. The van der Waals surface area contributed by atoms with Gasteiger partial charge in [0.2, 0.25) is 15.9 Å². The molecule has 0 atom stereocenters. The highest BCUT2D eigenvalue weighted by Crippen LogP contribution is 2.30. The second-order valence-electron chi connectivity index (χ2n) is 6.72. The lowest BCUT2D eigenvalue weighted by Gasteiger charge is -2.13. The molecule has 3 N–H and O–H groups in total. The van der Waals surface area contributed by atoms with Gasteiger partial charge in [-0.25, -0.2) is 13.6 Å². The molecule has 0 aromatic heterocycles. The number of halogens is 1. The highest BCUT2D eigenvalue weighted by Gasteiger charge is 2.18. The molecule has 5 nitrogen and oxygen atoms in total. The van der Waals surface area contributed by atoms with Gasteiger partial charge in [0.15, 0.2) is 0 Å². The van der Waals surface area contributed by atoms with E-state index in [2.05, 4.69) is 5.32 Å². The first-order chi connectivity index (χ1) is 13.2. The third-order valence-electron chi connectivity index (χ3n) is 4.45. The van der Waals surface area contributed by atoms with Crippen LogP contribution in [0.25, 0.3) is 11.1 Å². The van der Waals surface area contributed by atoms with E-state index in [4.69, 9.17) is 16.7 Å². The normalized spacial score (nSPS) is 14.2. The Morgan fingerprint density at radius 3 is 2.68 bits per heavy atom. The fraction of sp³-hybridized carbons (Fsp3) is 0.190. The molecule has 1 aliphatic carbocycles. The van der Waals surface area contributed by atoms with E-state index < -0.39 is 10.0 Å². The van der Waals surface area contributed by atoms with Crippen molar-refractivity contribution in [3.63, 3.8) is 0 Å². The highest BCUT2D eigenvalue weighted by atomic mass is 35.5. The minimum absolute atomic E-state index is 0.0364. The summed E-state index contributed by atoms with van der Waals surface area (Å²) in [5.41, 5.74) is 3.37. The third-order valence-corrected chi connectivity index (χ3v) is 5.83. The predicted octanol–water partition coefficient (Wildman–Crippen LogP) is 4.48. The molecule has 0 radical (unpaired) electrons. The first-order valence-corrected chi connectivity index (χ1v) is 10.7. The van der Waals surface area contributed by atoms with Crippen molar-refractivity contribution in [3.8, 4) is 11.1 Å². The Morgan fingerprint density at radius 2 is 2.00 bits per heavy atom. The fourth-order valence-electron chi connectivity index (χ4n) is 3.11. The van der Waals surface area contributed by atoms with Crippen LogP contribution in [0.3, 0.4) is 0 Å². The van der Waals surface area contributed by atoms with Crippen molar-refractivity contribution in [2.45, 2.75) is 31.1 Å². The topological polar surface area (TPSA) is 89.3 Å². The minimum atomic E-state index is -3.98. The molecule has 2 aromatic rings. The summed E-state index contributed by atoms with van der Waals surface area (Å²) in [6.45, 7) is 1.92. The van der Waals surface area contributed by atoms with Crippen molar-refractivity contribution >= 4 is 33.2 Å². The van der Waals surface area contributed by atoms with Gasteiger partial charge in [0.25, 0.3) is 0 Å². The maximum absolute atomic E-state index is 12.4. The number of nitrogens with two attached hydrogens (primary N) is 1. The summed E-state index contributed by atoms with van der Waals surface area (Å²) in [4.78, 5) is 12.3.